The fraction of sp³-hybridized carbons (Fsp3) is 0.211. The molecule has 7 nitrogen and oxygen atoms in total. The molecule has 0 amide bonds. The molecule has 0 bridgehead atoms. The summed E-state index contributed by atoms with van der Waals surface area (Å²) in [6.45, 7) is 2.06. The molecule has 1 unspecified atom stereocenters. The Morgan fingerprint density at radius 2 is 2.00 bits per heavy atom. The van der Waals surface area contributed by atoms with Gasteiger partial charge in [0.05, 0.1) is 5.97 Å². The Balaban J connectivity index is 0.00000300. The van der Waals surface area contributed by atoms with Gasteiger partial charge < -0.3 is 25.3 Å². The first-order valence-corrected chi connectivity index (χ1v) is 9.25. The number of carboxylic acids is 1. The number of thiazole rings is 1. The number of aryl methyl sites for hydroxylation is 1. The first-order chi connectivity index (χ1) is 13.3. The molecule has 0 saturated heterocycles. The number of carbonyl (C=O) groups is 2. The SMILES string of the molecule is CCn1cc(C(=O)C(F)Cc2cnc(-c3ccc(O)cc3)s2)c(C(=O)[O-])c1N.[K+]. The van der Waals surface area contributed by atoms with E-state index in [2.05, 4.69) is 4.98 Å². The van der Waals surface area contributed by atoms with Crippen molar-refractivity contribution in [3.05, 3.63) is 52.7 Å². The van der Waals surface area contributed by atoms with Crippen LogP contribution in [-0.2, 0) is 13.0 Å². The van der Waals surface area contributed by atoms with Crippen molar-refractivity contribution in [2.24, 2.45) is 0 Å². The molecule has 0 saturated carbocycles. The first-order valence-electron chi connectivity index (χ1n) is 8.44. The average Bonchev–Trinajstić information content (AvgIpc) is 3.25. The number of carbonyl (C=O) groups excluding carboxylic acids is 2. The summed E-state index contributed by atoms with van der Waals surface area (Å²) in [4.78, 5) is 28.6. The maximum atomic E-state index is 14.7. The average molecular weight is 442 g/mol. The molecule has 0 radical (unpaired) electrons. The van der Waals surface area contributed by atoms with E-state index in [1.54, 1.807) is 19.1 Å². The molecule has 0 fully saturated rings. The van der Waals surface area contributed by atoms with E-state index in [9.17, 15) is 24.2 Å². The van der Waals surface area contributed by atoms with Crippen LogP contribution in [0.5, 0.6) is 5.75 Å². The van der Waals surface area contributed by atoms with Crippen molar-refractivity contribution in [2.45, 2.75) is 26.1 Å². The normalized spacial score (nSPS) is 11.7. The van der Waals surface area contributed by atoms with E-state index in [1.165, 1.54) is 40.4 Å². The molecule has 29 heavy (non-hydrogen) atoms. The number of nitrogens with zero attached hydrogens (tertiary/aromatic N) is 2. The predicted molar refractivity (Wildman–Crippen MR) is 101 cm³/mol. The second kappa shape index (κ2) is 9.96. The van der Waals surface area contributed by atoms with Crippen LogP contribution in [0.3, 0.4) is 0 Å². The third-order valence-corrected chi connectivity index (χ3v) is 5.33. The number of phenols is 1. The number of hydrogen-bond donors (Lipinski definition) is 2. The van der Waals surface area contributed by atoms with Crippen LogP contribution in [0, 0.1) is 0 Å². The Bertz CT molecular complexity index is 1030. The zero-order valence-corrected chi connectivity index (χ0v) is 19.8. The summed E-state index contributed by atoms with van der Waals surface area (Å²) in [5.74, 6) is -2.59. The van der Waals surface area contributed by atoms with Gasteiger partial charge in [-0.25, -0.2) is 9.37 Å². The Kier molecular flexibility index (Phi) is 8.15. The minimum absolute atomic E-state index is 0. The Labute approximate surface area is 212 Å². The molecule has 3 aromatic rings. The summed E-state index contributed by atoms with van der Waals surface area (Å²) in [5, 5.41) is 21.3. The molecule has 3 N–H and O–H groups in total. The van der Waals surface area contributed by atoms with Crippen LogP contribution in [0.2, 0.25) is 0 Å². The molecule has 3 rings (SSSR count). The van der Waals surface area contributed by atoms with Crippen LogP contribution in [0.1, 0.15) is 32.5 Å². The van der Waals surface area contributed by atoms with Gasteiger partial charge in [-0.3, -0.25) is 4.79 Å². The van der Waals surface area contributed by atoms with E-state index in [0.717, 1.165) is 5.56 Å². The number of carboxylic acid groups (broad SMARTS) is 1. The van der Waals surface area contributed by atoms with Gasteiger partial charge in [-0.15, -0.1) is 11.3 Å². The molecule has 1 atom stereocenters. The Morgan fingerprint density at radius 1 is 1.34 bits per heavy atom. The number of hydrogen-bond acceptors (Lipinski definition) is 7. The van der Waals surface area contributed by atoms with Gasteiger partial charge in [0.1, 0.15) is 16.6 Å². The summed E-state index contributed by atoms with van der Waals surface area (Å²) < 4.78 is 16.0. The summed E-state index contributed by atoms with van der Waals surface area (Å²) in [7, 11) is 0. The van der Waals surface area contributed by atoms with Gasteiger partial charge in [-0.05, 0) is 31.2 Å². The van der Waals surface area contributed by atoms with Crippen molar-refractivity contribution >= 4 is 28.9 Å². The topological polar surface area (TPSA) is 121 Å². The minimum atomic E-state index is -1.95. The Hall–Kier alpha value is -1.56. The third-order valence-electron chi connectivity index (χ3n) is 4.26. The molecular formula is C19H17FKN3O4S. The molecule has 0 aliphatic rings. The number of Topliss-reactive ketones (excluding diaryl/α,β-unsaturated/α-hetero) is 1. The van der Waals surface area contributed by atoms with Crippen LogP contribution >= 0.6 is 11.3 Å². The van der Waals surface area contributed by atoms with Gasteiger partial charge in [0, 0.05) is 46.9 Å². The maximum Gasteiger partial charge on any atom is 1.00 e. The molecular weight excluding hydrogens is 424 g/mol. The monoisotopic (exact) mass is 441 g/mol. The molecule has 2 heterocycles. The minimum Gasteiger partial charge on any atom is -0.545 e. The van der Waals surface area contributed by atoms with Gasteiger partial charge in [0.25, 0.3) is 0 Å². The van der Waals surface area contributed by atoms with Crippen LogP contribution in [0.4, 0.5) is 10.2 Å². The largest absolute Gasteiger partial charge is 1.00 e. The number of halogens is 1. The number of aromatic hydroxyl groups is 1. The van der Waals surface area contributed by atoms with Gasteiger partial charge in [-0.2, -0.15) is 0 Å². The van der Waals surface area contributed by atoms with Crippen LogP contribution in [0.15, 0.2) is 36.7 Å². The van der Waals surface area contributed by atoms with Crippen molar-refractivity contribution in [1.29, 1.82) is 0 Å². The number of aromatic nitrogens is 2. The van der Waals surface area contributed by atoms with Gasteiger partial charge in [-0.1, -0.05) is 0 Å². The van der Waals surface area contributed by atoms with E-state index in [-0.39, 0.29) is 74.9 Å². The molecule has 10 heteroatoms. The van der Waals surface area contributed by atoms with E-state index in [4.69, 9.17) is 5.73 Å². The smallest absolute Gasteiger partial charge is 0.545 e. The summed E-state index contributed by atoms with van der Waals surface area (Å²) in [6, 6.07) is 6.39. The van der Waals surface area contributed by atoms with Crippen molar-refractivity contribution in [1.82, 2.24) is 9.55 Å². The second-order valence-electron chi connectivity index (χ2n) is 6.09. The fourth-order valence-electron chi connectivity index (χ4n) is 2.81. The molecule has 0 aliphatic heterocycles. The molecule has 2 aromatic heterocycles. The number of rotatable bonds is 7. The molecule has 1 aromatic carbocycles. The van der Waals surface area contributed by atoms with E-state index in [0.29, 0.717) is 16.4 Å². The second-order valence-corrected chi connectivity index (χ2v) is 7.21. The number of ketones is 1. The van der Waals surface area contributed by atoms with E-state index < -0.39 is 23.5 Å². The van der Waals surface area contributed by atoms with Crippen LogP contribution in [0.25, 0.3) is 10.6 Å². The number of phenolic OH excluding ortho intramolecular Hbond substituents is 1. The molecule has 0 aliphatic carbocycles. The van der Waals surface area contributed by atoms with Crippen molar-refractivity contribution in [3.8, 4) is 16.3 Å². The Morgan fingerprint density at radius 3 is 2.59 bits per heavy atom. The first kappa shape index (κ1) is 23.7. The van der Waals surface area contributed by atoms with Gasteiger partial charge >= 0.3 is 51.4 Å². The van der Waals surface area contributed by atoms with Gasteiger partial charge in [0.15, 0.2) is 12.0 Å². The quantitative estimate of drug-likeness (QED) is 0.360. The number of aromatic carboxylic acids is 1. The van der Waals surface area contributed by atoms with Crippen LogP contribution in [-0.4, -0.2) is 32.6 Å². The number of nitrogens with two attached hydrogens (primary N) is 1. The van der Waals surface area contributed by atoms with Crippen molar-refractivity contribution in [3.63, 3.8) is 0 Å². The predicted octanol–water partition coefficient (Wildman–Crippen LogP) is -0.950. The third kappa shape index (κ3) is 5.14. The summed E-state index contributed by atoms with van der Waals surface area (Å²) >= 11 is 1.21. The van der Waals surface area contributed by atoms with E-state index in [1.807, 2.05) is 0 Å². The number of anilines is 1. The zero-order valence-electron chi connectivity index (χ0n) is 15.9. The molecule has 0 spiro atoms. The summed E-state index contributed by atoms with van der Waals surface area (Å²) in [6.07, 6.45) is 0.526. The van der Waals surface area contributed by atoms with Crippen molar-refractivity contribution in [2.75, 3.05) is 5.73 Å². The molecule has 146 valence electrons. The fourth-order valence-corrected chi connectivity index (χ4v) is 3.75. The standard InChI is InChI=1S/C19H18FN3O4S.K/c1-2-23-9-13(15(17(23)21)19(26)27)16(25)14(20)7-12-8-22-18(28-12)10-3-5-11(24)6-4-10;/h3-6,8-9,14,24H,2,7,21H2,1H3,(H,26,27);/q;+1/p-1. The number of nitrogen functional groups attached to an aromatic ring is 1. The van der Waals surface area contributed by atoms with Crippen LogP contribution < -0.4 is 62.2 Å². The summed E-state index contributed by atoms with van der Waals surface area (Å²) in [5.41, 5.74) is 5.70. The van der Waals surface area contributed by atoms with E-state index >= 15 is 0 Å². The zero-order chi connectivity index (χ0) is 20.4. The van der Waals surface area contributed by atoms with Gasteiger partial charge in [0.2, 0.25) is 0 Å². The van der Waals surface area contributed by atoms with Crippen molar-refractivity contribution < 1.29 is 75.6 Å². The maximum absolute atomic E-state index is 14.7. The number of alkyl halides is 1. The number of benzene rings is 1.